The zero-order chi connectivity index (χ0) is 19.8. The van der Waals surface area contributed by atoms with Gasteiger partial charge in [-0.15, -0.1) is 0 Å². The monoisotopic (exact) mass is 374 g/mol. The van der Waals surface area contributed by atoms with Crippen LogP contribution in [0.2, 0.25) is 0 Å². The van der Waals surface area contributed by atoms with E-state index in [0.717, 1.165) is 6.07 Å². The van der Waals surface area contributed by atoms with Crippen molar-refractivity contribution in [3.63, 3.8) is 0 Å². The Bertz CT molecular complexity index is 974. The van der Waals surface area contributed by atoms with Crippen molar-refractivity contribution >= 4 is 5.97 Å². The van der Waals surface area contributed by atoms with E-state index in [1.165, 1.54) is 17.1 Å². The number of hydrogen-bond acceptors (Lipinski definition) is 4. The van der Waals surface area contributed by atoms with Crippen LogP contribution < -0.4 is 11.2 Å². The number of esters is 1. The molecule has 0 aliphatic carbocycles. The molecule has 140 valence electrons. The third-order valence-corrected chi connectivity index (χ3v) is 3.37. The van der Waals surface area contributed by atoms with Crippen molar-refractivity contribution in [2.24, 2.45) is 0 Å². The summed E-state index contributed by atoms with van der Waals surface area (Å²) in [6, 6.07) is 3.63. The first-order chi connectivity index (χ1) is 11.9. The maximum atomic E-state index is 13.8. The summed E-state index contributed by atoms with van der Waals surface area (Å²) in [5, 5.41) is 0. The van der Waals surface area contributed by atoms with Crippen LogP contribution in [0.1, 0.15) is 35.5 Å². The van der Waals surface area contributed by atoms with Gasteiger partial charge in [0.25, 0.3) is 5.56 Å². The summed E-state index contributed by atoms with van der Waals surface area (Å²) in [6.07, 6.45) is -5.68. The lowest BCUT2D eigenvalue weighted by atomic mass is 10.1. The molecule has 0 saturated carbocycles. The minimum absolute atomic E-state index is 0.0113. The Kier molecular flexibility index (Phi) is 5.06. The van der Waals surface area contributed by atoms with Gasteiger partial charge in [0.05, 0.1) is 17.4 Å². The molecule has 0 bridgehead atoms. The number of rotatable bonds is 3. The van der Waals surface area contributed by atoms with Gasteiger partial charge < -0.3 is 9.72 Å². The van der Waals surface area contributed by atoms with Gasteiger partial charge in [-0.25, -0.2) is 14.2 Å². The van der Waals surface area contributed by atoms with Crippen molar-refractivity contribution in [2.75, 3.05) is 0 Å². The minimum Gasteiger partial charge on any atom is -0.459 e. The third-order valence-electron chi connectivity index (χ3n) is 3.37. The van der Waals surface area contributed by atoms with Crippen LogP contribution in [0.15, 0.2) is 27.8 Å². The predicted molar refractivity (Wildman–Crippen MR) is 82.9 cm³/mol. The normalized spacial score (nSPS) is 11.7. The molecule has 0 saturated heterocycles. The van der Waals surface area contributed by atoms with Gasteiger partial charge in [0.15, 0.2) is 5.69 Å². The summed E-state index contributed by atoms with van der Waals surface area (Å²) in [5.41, 5.74) is -5.18. The first-order valence-electron chi connectivity index (χ1n) is 7.37. The zero-order valence-corrected chi connectivity index (χ0v) is 13.9. The molecule has 10 heteroatoms. The molecule has 0 atom stereocenters. The molecular weight excluding hydrogens is 360 g/mol. The molecule has 0 fully saturated rings. The molecule has 0 radical (unpaired) electrons. The smallest absolute Gasteiger partial charge is 0.434 e. The van der Waals surface area contributed by atoms with Crippen LogP contribution in [0.25, 0.3) is 5.69 Å². The minimum atomic E-state index is -5.24. The molecule has 2 aromatic rings. The van der Waals surface area contributed by atoms with Crippen molar-refractivity contribution in [3.05, 3.63) is 61.7 Å². The lowest BCUT2D eigenvalue weighted by molar-refractivity contribution is -0.144. The highest BCUT2D eigenvalue weighted by atomic mass is 19.4. The molecule has 2 rings (SSSR count). The zero-order valence-electron chi connectivity index (χ0n) is 13.9. The number of carbonyl (C=O) groups is 1. The number of halogens is 4. The van der Waals surface area contributed by atoms with E-state index in [1.807, 2.05) is 0 Å². The van der Waals surface area contributed by atoms with E-state index in [4.69, 9.17) is 4.74 Å². The Morgan fingerprint density at radius 1 is 1.23 bits per heavy atom. The van der Waals surface area contributed by atoms with Gasteiger partial charge in [-0.05, 0) is 38.5 Å². The van der Waals surface area contributed by atoms with Crippen LogP contribution in [0.4, 0.5) is 17.6 Å². The third kappa shape index (κ3) is 3.68. The second-order valence-electron chi connectivity index (χ2n) is 5.71. The van der Waals surface area contributed by atoms with Crippen LogP contribution >= 0.6 is 0 Å². The second-order valence-corrected chi connectivity index (χ2v) is 5.71. The van der Waals surface area contributed by atoms with E-state index in [0.29, 0.717) is 5.56 Å². The summed E-state index contributed by atoms with van der Waals surface area (Å²) in [5.74, 6) is -2.90. The fraction of sp³-hybridized carbons (Fsp3) is 0.312. The van der Waals surface area contributed by atoms with E-state index in [1.54, 1.807) is 20.8 Å². The maximum Gasteiger partial charge on any atom is 0.434 e. The molecule has 6 nitrogen and oxygen atoms in total. The van der Waals surface area contributed by atoms with Gasteiger partial charge in [0.1, 0.15) is 0 Å². The molecule has 0 aliphatic rings. The highest BCUT2D eigenvalue weighted by molar-refractivity contribution is 5.91. The lowest BCUT2D eigenvalue weighted by Gasteiger charge is -2.13. The number of nitrogens with one attached hydrogen (secondary N) is 1. The van der Waals surface area contributed by atoms with Crippen molar-refractivity contribution in [1.29, 1.82) is 0 Å². The van der Waals surface area contributed by atoms with E-state index in [-0.39, 0.29) is 15.8 Å². The number of alkyl halides is 3. The second kappa shape index (κ2) is 6.77. The Balaban J connectivity index is 2.67. The molecule has 1 aromatic heterocycles. The number of hydrogen-bond donors (Lipinski definition) is 1. The number of aromatic amines is 1. The van der Waals surface area contributed by atoms with E-state index >= 15 is 0 Å². The highest BCUT2D eigenvalue weighted by Crippen LogP contribution is 2.27. The largest absolute Gasteiger partial charge is 0.459 e. The van der Waals surface area contributed by atoms with E-state index in [2.05, 4.69) is 0 Å². The lowest BCUT2D eigenvalue weighted by Crippen LogP contribution is -2.39. The summed E-state index contributed by atoms with van der Waals surface area (Å²) in [7, 11) is 0. The highest BCUT2D eigenvalue weighted by Gasteiger charge is 2.38. The number of carbonyl (C=O) groups excluding carboxylic acids is 1. The Labute approximate surface area is 144 Å². The number of aromatic nitrogens is 2. The van der Waals surface area contributed by atoms with Crippen LogP contribution in [0, 0.1) is 12.7 Å². The topological polar surface area (TPSA) is 81.2 Å². The fourth-order valence-corrected chi connectivity index (χ4v) is 2.19. The molecule has 0 amide bonds. The van der Waals surface area contributed by atoms with Gasteiger partial charge in [-0.3, -0.25) is 4.79 Å². The number of nitrogens with zero attached hydrogens (tertiary/aromatic N) is 1. The standard InChI is InChI=1S/C16H14F4N2O4/c1-7(2)26-14(24)10-6-9(5-4-8(10)3)22-13(23)11(17)12(16(18,19)20)21-15(22)25/h4-7H,1-3H3,(H,21,25). The van der Waals surface area contributed by atoms with E-state index < -0.39 is 41.0 Å². The van der Waals surface area contributed by atoms with Crippen LogP contribution in [-0.2, 0) is 10.9 Å². The molecule has 0 spiro atoms. The number of benzene rings is 1. The van der Waals surface area contributed by atoms with Crippen molar-refractivity contribution in [2.45, 2.75) is 33.1 Å². The predicted octanol–water partition coefficient (Wildman–Crippen LogP) is 2.56. The van der Waals surface area contributed by atoms with Crippen molar-refractivity contribution < 1.29 is 27.1 Å². The molecule has 0 unspecified atom stereocenters. The number of H-pyrrole nitrogens is 1. The van der Waals surface area contributed by atoms with Gasteiger partial charge in [-0.2, -0.15) is 17.6 Å². The number of aryl methyl sites for hydroxylation is 1. The fourth-order valence-electron chi connectivity index (χ4n) is 2.19. The van der Waals surface area contributed by atoms with E-state index in [9.17, 15) is 31.9 Å². The molecule has 26 heavy (non-hydrogen) atoms. The molecule has 0 aliphatic heterocycles. The quantitative estimate of drug-likeness (QED) is 0.661. The summed E-state index contributed by atoms with van der Waals surface area (Å²) < 4.78 is 57.0. The summed E-state index contributed by atoms with van der Waals surface area (Å²) >= 11 is 0. The average Bonchev–Trinajstić information content (AvgIpc) is 2.50. The average molecular weight is 374 g/mol. The van der Waals surface area contributed by atoms with Gasteiger partial charge in [0.2, 0.25) is 5.82 Å². The summed E-state index contributed by atoms with van der Waals surface area (Å²) in [4.78, 5) is 37.3. The Morgan fingerprint density at radius 2 is 1.85 bits per heavy atom. The van der Waals surface area contributed by atoms with Crippen LogP contribution in [-0.4, -0.2) is 21.6 Å². The van der Waals surface area contributed by atoms with Crippen LogP contribution in [0.5, 0.6) is 0 Å². The van der Waals surface area contributed by atoms with Gasteiger partial charge in [-0.1, -0.05) is 6.07 Å². The Hall–Kier alpha value is -2.91. The van der Waals surface area contributed by atoms with Crippen molar-refractivity contribution in [1.82, 2.24) is 9.55 Å². The molecule has 1 heterocycles. The number of ether oxygens (including phenoxy) is 1. The summed E-state index contributed by atoms with van der Waals surface area (Å²) in [6.45, 7) is 4.77. The van der Waals surface area contributed by atoms with Crippen molar-refractivity contribution in [3.8, 4) is 5.69 Å². The molecule has 1 aromatic carbocycles. The SMILES string of the molecule is Cc1ccc(-n2c(=O)[nH]c(C(F)(F)F)c(F)c2=O)cc1C(=O)OC(C)C. The molecule has 1 N–H and O–H groups in total. The molecular formula is C16H14F4N2O4. The van der Waals surface area contributed by atoms with Crippen LogP contribution in [0.3, 0.4) is 0 Å². The van der Waals surface area contributed by atoms with Gasteiger partial charge in [0, 0.05) is 0 Å². The van der Waals surface area contributed by atoms with Gasteiger partial charge >= 0.3 is 17.8 Å². The first-order valence-corrected chi connectivity index (χ1v) is 7.37. The first kappa shape index (κ1) is 19.4. The maximum absolute atomic E-state index is 13.8. The Morgan fingerprint density at radius 3 is 2.38 bits per heavy atom.